The molecule has 1 heterocycles. The number of benzene rings is 1. The van der Waals surface area contributed by atoms with E-state index in [0.29, 0.717) is 10.6 Å². The summed E-state index contributed by atoms with van der Waals surface area (Å²) in [6.45, 7) is 1.91. The Morgan fingerprint density at radius 1 is 1.16 bits per heavy atom. The zero-order valence-electron chi connectivity index (χ0n) is 10.5. The van der Waals surface area contributed by atoms with Gasteiger partial charge in [-0.1, -0.05) is 12.1 Å². The van der Waals surface area contributed by atoms with Crippen LogP contribution in [0.15, 0.2) is 41.3 Å². The van der Waals surface area contributed by atoms with E-state index >= 15 is 0 Å². The second-order valence-electron chi connectivity index (χ2n) is 4.13. The molecule has 4 nitrogen and oxygen atoms in total. The Balaban J connectivity index is 2.32. The van der Waals surface area contributed by atoms with Gasteiger partial charge in [-0.2, -0.15) is 0 Å². The summed E-state index contributed by atoms with van der Waals surface area (Å²) in [5.74, 6) is -0.297. The van der Waals surface area contributed by atoms with Crippen molar-refractivity contribution in [2.75, 3.05) is 11.6 Å². The number of anilines is 1. The Morgan fingerprint density at radius 2 is 1.84 bits per heavy atom. The summed E-state index contributed by atoms with van der Waals surface area (Å²) in [6, 6.07) is 9.94. The molecule has 0 aliphatic rings. The first-order chi connectivity index (χ1) is 8.88. The molecule has 0 saturated carbocycles. The number of carbonyl (C=O) groups excluding carboxylic acids is 1. The normalized spacial score (nSPS) is 11.3. The van der Waals surface area contributed by atoms with Crippen molar-refractivity contribution in [3.63, 3.8) is 0 Å². The molecule has 0 bridgehead atoms. The van der Waals surface area contributed by atoms with Gasteiger partial charge in [-0.15, -0.1) is 11.3 Å². The largest absolute Gasteiger partial charge is 0.320 e. The van der Waals surface area contributed by atoms with Crippen LogP contribution < -0.4 is 5.32 Å². The fraction of sp³-hybridized carbons (Fsp3) is 0.154. The molecule has 0 atom stereocenters. The standard InChI is InChI=1S/C13H13NO3S2/c1-9-7-8-11(18-9)13(15)14-10-5-3-4-6-12(10)19(2,16)17/h3-8H,1-2H3,(H,14,15). The topological polar surface area (TPSA) is 63.2 Å². The molecule has 0 unspecified atom stereocenters. The van der Waals surface area contributed by atoms with Crippen LogP contribution in [-0.2, 0) is 9.84 Å². The highest BCUT2D eigenvalue weighted by molar-refractivity contribution is 7.90. The lowest BCUT2D eigenvalue weighted by molar-refractivity contribution is 0.103. The van der Waals surface area contributed by atoms with Gasteiger partial charge in [-0.25, -0.2) is 8.42 Å². The van der Waals surface area contributed by atoms with Gasteiger partial charge in [0.15, 0.2) is 9.84 Å². The first kappa shape index (κ1) is 13.8. The Kier molecular flexibility index (Phi) is 3.73. The number of rotatable bonds is 3. The molecule has 0 aliphatic heterocycles. The third-order valence-corrected chi connectivity index (χ3v) is 4.65. The van der Waals surface area contributed by atoms with Crippen molar-refractivity contribution in [1.82, 2.24) is 0 Å². The van der Waals surface area contributed by atoms with Crippen LogP contribution in [0.1, 0.15) is 14.5 Å². The number of carbonyl (C=O) groups is 1. The molecule has 1 aromatic carbocycles. The number of hydrogen-bond donors (Lipinski definition) is 1. The van der Waals surface area contributed by atoms with E-state index in [4.69, 9.17) is 0 Å². The molecule has 1 N–H and O–H groups in total. The zero-order valence-corrected chi connectivity index (χ0v) is 12.1. The average molecular weight is 295 g/mol. The van der Waals surface area contributed by atoms with Crippen LogP contribution in [-0.4, -0.2) is 20.6 Å². The summed E-state index contributed by atoms with van der Waals surface area (Å²) in [5.41, 5.74) is 0.307. The molecule has 19 heavy (non-hydrogen) atoms. The minimum absolute atomic E-state index is 0.122. The maximum absolute atomic E-state index is 12.0. The summed E-state index contributed by atoms with van der Waals surface area (Å²) >= 11 is 1.37. The molecule has 2 aromatic rings. The van der Waals surface area contributed by atoms with Gasteiger partial charge in [-0.3, -0.25) is 4.79 Å². The van der Waals surface area contributed by atoms with Gasteiger partial charge in [0.05, 0.1) is 15.5 Å². The number of thiophene rings is 1. The molecule has 6 heteroatoms. The van der Waals surface area contributed by atoms with E-state index in [-0.39, 0.29) is 10.8 Å². The molecule has 0 spiro atoms. The van der Waals surface area contributed by atoms with Crippen molar-refractivity contribution in [1.29, 1.82) is 0 Å². The predicted molar refractivity (Wildman–Crippen MR) is 76.6 cm³/mol. The van der Waals surface area contributed by atoms with Crippen LogP contribution in [0, 0.1) is 6.92 Å². The number of amides is 1. The van der Waals surface area contributed by atoms with Gasteiger partial charge in [0.1, 0.15) is 0 Å². The summed E-state index contributed by atoms with van der Waals surface area (Å²) in [7, 11) is -3.37. The lowest BCUT2D eigenvalue weighted by Crippen LogP contribution is -2.13. The van der Waals surface area contributed by atoms with E-state index in [9.17, 15) is 13.2 Å². The first-order valence-electron chi connectivity index (χ1n) is 5.55. The summed E-state index contributed by atoms with van der Waals surface area (Å²) in [5, 5.41) is 2.64. The van der Waals surface area contributed by atoms with Crippen LogP contribution in [0.3, 0.4) is 0 Å². The highest BCUT2D eigenvalue weighted by Crippen LogP contribution is 2.22. The van der Waals surface area contributed by atoms with Gasteiger partial charge in [-0.05, 0) is 31.2 Å². The monoisotopic (exact) mass is 295 g/mol. The van der Waals surface area contributed by atoms with E-state index in [1.54, 1.807) is 24.3 Å². The predicted octanol–water partition coefficient (Wildman–Crippen LogP) is 2.71. The van der Waals surface area contributed by atoms with Gasteiger partial charge >= 0.3 is 0 Å². The third-order valence-electron chi connectivity index (χ3n) is 2.50. The number of nitrogens with one attached hydrogen (secondary N) is 1. The molecule has 2 rings (SSSR count). The number of para-hydroxylation sites is 1. The number of aryl methyl sites for hydroxylation is 1. The summed E-state index contributed by atoms with van der Waals surface area (Å²) in [6.07, 6.45) is 1.12. The number of hydrogen-bond acceptors (Lipinski definition) is 4. The Labute approximate surface area is 116 Å². The SMILES string of the molecule is Cc1ccc(C(=O)Nc2ccccc2S(C)(=O)=O)s1. The fourth-order valence-electron chi connectivity index (χ4n) is 1.63. The van der Waals surface area contributed by atoms with E-state index in [2.05, 4.69) is 5.32 Å². The maximum atomic E-state index is 12.0. The second kappa shape index (κ2) is 5.14. The molecule has 0 radical (unpaired) electrons. The van der Waals surface area contributed by atoms with E-state index in [1.807, 2.05) is 13.0 Å². The van der Waals surface area contributed by atoms with Crippen molar-refractivity contribution < 1.29 is 13.2 Å². The highest BCUT2D eigenvalue weighted by Gasteiger charge is 2.15. The summed E-state index contributed by atoms with van der Waals surface area (Å²) in [4.78, 5) is 13.7. The Morgan fingerprint density at radius 3 is 2.42 bits per heavy atom. The van der Waals surface area contributed by atoms with E-state index in [0.717, 1.165) is 11.1 Å². The third kappa shape index (κ3) is 3.21. The van der Waals surface area contributed by atoms with E-state index < -0.39 is 9.84 Å². The molecule has 1 amide bonds. The molecular formula is C13H13NO3S2. The highest BCUT2D eigenvalue weighted by atomic mass is 32.2. The quantitative estimate of drug-likeness (QED) is 0.947. The lowest BCUT2D eigenvalue weighted by atomic mass is 10.3. The van der Waals surface area contributed by atoms with Gasteiger partial charge < -0.3 is 5.32 Å². The van der Waals surface area contributed by atoms with Gasteiger partial charge in [0, 0.05) is 11.1 Å². The van der Waals surface area contributed by atoms with Crippen molar-refractivity contribution in [3.05, 3.63) is 46.2 Å². The minimum atomic E-state index is -3.37. The second-order valence-corrected chi connectivity index (χ2v) is 7.40. The molecule has 1 aromatic heterocycles. The number of sulfone groups is 1. The van der Waals surface area contributed by atoms with Crippen molar-refractivity contribution >= 4 is 32.8 Å². The lowest BCUT2D eigenvalue weighted by Gasteiger charge is -2.08. The molecule has 0 saturated heterocycles. The van der Waals surface area contributed by atoms with Crippen molar-refractivity contribution in [2.24, 2.45) is 0 Å². The molecule has 100 valence electrons. The fourth-order valence-corrected chi connectivity index (χ4v) is 3.24. The summed E-state index contributed by atoms with van der Waals surface area (Å²) < 4.78 is 23.3. The minimum Gasteiger partial charge on any atom is -0.320 e. The van der Waals surface area contributed by atoms with Crippen LogP contribution in [0.25, 0.3) is 0 Å². The zero-order chi connectivity index (χ0) is 14.0. The molecular weight excluding hydrogens is 282 g/mol. The maximum Gasteiger partial charge on any atom is 0.265 e. The smallest absolute Gasteiger partial charge is 0.265 e. The Hall–Kier alpha value is -1.66. The van der Waals surface area contributed by atoms with Crippen LogP contribution >= 0.6 is 11.3 Å². The molecule has 0 aliphatic carbocycles. The Bertz CT molecular complexity index is 717. The van der Waals surface area contributed by atoms with E-state index in [1.165, 1.54) is 17.4 Å². The van der Waals surface area contributed by atoms with Crippen molar-refractivity contribution in [2.45, 2.75) is 11.8 Å². The van der Waals surface area contributed by atoms with Gasteiger partial charge in [0.25, 0.3) is 5.91 Å². The van der Waals surface area contributed by atoms with Crippen LogP contribution in [0.4, 0.5) is 5.69 Å². The van der Waals surface area contributed by atoms with Crippen molar-refractivity contribution in [3.8, 4) is 0 Å². The first-order valence-corrected chi connectivity index (χ1v) is 8.25. The van der Waals surface area contributed by atoms with Crippen LogP contribution in [0.2, 0.25) is 0 Å². The van der Waals surface area contributed by atoms with Gasteiger partial charge in [0.2, 0.25) is 0 Å². The molecule has 0 fully saturated rings. The average Bonchev–Trinajstić information content (AvgIpc) is 2.75. The van der Waals surface area contributed by atoms with Crippen LogP contribution in [0.5, 0.6) is 0 Å².